The Morgan fingerprint density at radius 1 is 0.533 bits per heavy atom. The van der Waals surface area contributed by atoms with Gasteiger partial charge in [-0.05, 0) is 12.8 Å². The Morgan fingerprint density at radius 2 is 0.800 bits per heavy atom. The number of carbonyl (C=O) groups is 1. The number of hydrogen-bond donors (Lipinski definition) is 2. The van der Waals surface area contributed by atoms with Crippen molar-refractivity contribution in [3.05, 3.63) is 0 Å². The molecule has 0 amide bonds. The van der Waals surface area contributed by atoms with Crippen molar-refractivity contribution >= 4 is 5.97 Å². The van der Waals surface area contributed by atoms with Gasteiger partial charge in [-0.15, -0.1) is 0 Å². The minimum absolute atomic E-state index is 0.338. The molecule has 0 rings (SSSR count). The van der Waals surface area contributed by atoms with Gasteiger partial charge in [-0.1, -0.05) is 128 Å². The zero-order chi connectivity index (χ0) is 22.0. The van der Waals surface area contributed by atoms with Gasteiger partial charge >= 0.3 is 5.97 Å². The molecule has 0 aliphatic rings. The van der Waals surface area contributed by atoms with Gasteiger partial charge < -0.3 is 10.4 Å². The number of hydrogen-bond acceptors (Lipinski definition) is 3. The highest BCUT2D eigenvalue weighted by molar-refractivity contribution is 5.66. The molecule has 2 N–H and O–H groups in total. The van der Waals surface area contributed by atoms with Crippen LogP contribution in [-0.2, 0) is 4.79 Å². The van der Waals surface area contributed by atoms with Crippen LogP contribution in [0.15, 0.2) is 0 Å². The summed E-state index contributed by atoms with van der Waals surface area (Å²) >= 11 is 0. The summed E-state index contributed by atoms with van der Waals surface area (Å²) in [6.07, 6.45) is 31.4. The first kappa shape index (κ1) is 28.8. The molecule has 0 aromatic heterocycles. The molecule has 0 aromatic rings. The fraction of sp³-hybridized carbons (Fsp3) is 0.923. The average molecular weight is 423 g/mol. The van der Waals surface area contributed by atoms with Crippen LogP contribution >= 0.6 is 0 Å². The second-order valence-corrected chi connectivity index (χ2v) is 8.96. The topological polar surface area (TPSA) is 73.1 Å². The molecular weight excluding hydrogens is 372 g/mol. The van der Waals surface area contributed by atoms with E-state index < -0.39 is 5.97 Å². The summed E-state index contributed by atoms with van der Waals surface area (Å²) in [5.41, 5.74) is 0. The van der Waals surface area contributed by atoms with Gasteiger partial charge in [0.1, 0.15) is 0 Å². The Labute approximate surface area is 187 Å². The Bertz CT molecular complexity index is 393. The van der Waals surface area contributed by atoms with Crippen LogP contribution < -0.4 is 5.32 Å². The van der Waals surface area contributed by atoms with E-state index in [1.54, 1.807) is 0 Å². The summed E-state index contributed by atoms with van der Waals surface area (Å²) in [7, 11) is 0. The van der Waals surface area contributed by atoms with E-state index in [2.05, 4.69) is 5.32 Å². The first-order valence-corrected chi connectivity index (χ1v) is 13.1. The lowest BCUT2D eigenvalue weighted by Gasteiger charge is -2.04. The molecule has 0 aromatic carbocycles. The number of rotatable bonds is 25. The molecule has 4 heteroatoms. The van der Waals surface area contributed by atoms with Crippen molar-refractivity contribution in [2.24, 2.45) is 0 Å². The van der Waals surface area contributed by atoms with Gasteiger partial charge in [0.15, 0.2) is 6.19 Å². The van der Waals surface area contributed by atoms with Gasteiger partial charge in [-0.25, -0.2) is 0 Å². The molecule has 0 bridgehead atoms. The predicted molar refractivity (Wildman–Crippen MR) is 127 cm³/mol. The maximum Gasteiger partial charge on any atom is 0.303 e. The lowest BCUT2D eigenvalue weighted by Crippen LogP contribution is -2.06. The maximum atomic E-state index is 10.4. The fourth-order valence-corrected chi connectivity index (χ4v) is 4.08. The summed E-state index contributed by atoms with van der Waals surface area (Å²) in [6, 6.07) is 0. The first-order chi connectivity index (χ1) is 14.8. The van der Waals surface area contributed by atoms with Gasteiger partial charge in [0.2, 0.25) is 0 Å². The molecule has 0 fully saturated rings. The third kappa shape index (κ3) is 26.8. The van der Waals surface area contributed by atoms with Crippen molar-refractivity contribution in [3.8, 4) is 6.19 Å². The quantitative estimate of drug-likeness (QED) is 0.0885. The van der Waals surface area contributed by atoms with Crippen LogP contribution in [-0.4, -0.2) is 17.6 Å². The van der Waals surface area contributed by atoms with Crippen LogP contribution in [0.4, 0.5) is 0 Å². The van der Waals surface area contributed by atoms with E-state index in [0.29, 0.717) is 6.42 Å². The summed E-state index contributed by atoms with van der Waals surface area (Å²) in [4.78, 5) is 10.4. The van der Waals surface area contributed by atoms with Gasteiger partial charge in [0.05, 0.1) is 0 Å². The van der Waals surface area contributed by atoms with E-state index in [1.165, 1.54) is 122 Å². The Balaban J connectivity index is 3.00. The largest absolute Gasteiger partial charge is 0.481 e. The molecule has 0 saturated heterocycles. The van der Waals surface area contributed by atoms with Crippen LogP contribution in [0.2, 0.25) is 0 Å². The number of carboxylic acids is 1. The molecular formula is C26H50N2O2. The summed E-state index contributed by atoms with van der Waals surface area (Å²) in [6.45, 7) is 0.843. The molecule has 0 aliphatic heterocycles. The lowest BCUT2D eigenvalue weighted by molar-refractivity contribution is -0.137. The van der Waals surface area contributed by atoms with E-state index in [4.69, 9.17) is 10.4 Å². The third-order valence-corrected chi connectivity index (χ3v) is 6.02. The monoisotopic (exact) mass is 422 g/mol. The van der Waals surface area contributed by atoms with Crippen molar-refractivity contribution in [3.63, 3.8) is 0 Å². The minimum atomic E-state index is -0.657. The van der Waals surface area contributed by atoms with E-state index >= 15 is 0 Å². The predicted octanol–water partition coefficient (Wildman–Crippen LogP) is 8.11. The zero-order valence-electron chi connectivity index (χ0n) is 19.8. The molecule has 0 heterocycles. The van der Waals surface area contributed by atoms with E-state index in [-0.39, 0.29) is 0 Å². The maximum absolute atomic E-state index is 10.4. The number of nitriles is 1. The van der Waals surface area contributed by atoms with Gasteiger partial charge in [-0.2, -0.15) is 5.26 Å². The fourth-order valence-electron chi connectivity index (χ4n) is 4.08. The normalized spacial score (nSPS) is 10.8. The smallest absolute Gasteiger partial charge is 0.303 e. The second-order valence-electron chi connectivity index (χ2n) is 8.96. The van der Waals surface area contributed by atoms with E-state index in [9.17, 15) is 4.79 Å². The highest BCUT2D eigenvalue weighted by Crippen LogP contribution is 2.15. The molecule has 0 unspecified atom stereocenters. The Kier molecular flexibility index (Phi) is 24.7. The molecule has 4 nitrogen and oxygen atoms in total. The number of unbranched alkanes of at least 4 members (excludes halogenated alkanes) is 21. The summed E-state index contributed by atoms with van der Waals surface area (Å²) in [5, 5.41) is 19.7. The van der Waals surface area contributed by atoms with Crippen molar-refractivity contribution in [1.29, 1.82) is 5.26 Å². The molecule has 176 valence electrons. The van der Waals surface area contributed by atoms with Crippen molar-refractivity contribution in [2.75, 3.05) is 6.54 Å². The Hall–Kier alpha value is -1.24. The molecule has 0 aliphatic carbocycles. The average Bonchev–Trinajstić information content (AvgIpc) is 2.73. The number of carboxylic acid groups (broad SMARTS) is 1. The van der Waals surface area contributed by atoms with Crippen molar-refractivity contribution in [2.45, 2.75) is 148 Å². The zero-order valence-corrected chi connectivity index (χ0v) is 19.8. The van der Waals surface area contributed by atoms with Gasteiger partial charge in [-0.3, -0.25) is 4.79 Å². The highest BCUT2D eigenvalue weighted by Gasteiger charge is 1.97. The van der Waals surface area contributed by atoms with Crippen LogP contribution in [0.25, 0.3) is 0 Å². The number of nitrogens with one attached hydrogen (secondary N) is 1. The van der Waals surface area contributed by atoms with Gasteiger partial charge in [0, 0.05) is 13.0 Å². The van der Waals surface area contributed by atoms with Crippen LogP contribution in [0.3, 0.4) is 0 Å². The Morgan fingerprint density at radius 3 is 1.07 bits per heavy atom. The van der Waals surface area contributed by atoms with E-state index in [0.717, 1.165) is 25.8 Å². The molecule has 0 spiro atoms. The van der Waals surface area contributed by atoms with E-state index in [1.807, 2.05) is 6.19 Å². The van der Waals surface area contributed by atoms with Gasteiger partial charge in [0.25, 0.3) is 0 Å². The standard InChI is InChI=1S/C26H50N2O2/c27-25-28-24-22-20-18-16-14-12-10-8-6-4-2-1-3-5-7-9-11-13-15-17-19-21-23-26(29)30/h28H,1-24H2,(H,29,30). The molecule has 30 heavy (non-hydrogen) atoms. The first-order valence-electron chi connectivity index (χ1n) is 13.1. The SMILES string of the molecule is N#CNCCCCCCCCCCCCCCCCCCCCCCCCC(=O)O. The van der Waals surface area contributed by atoms with Crippen LogP contribution in [0, 0.1) is 11.5 Å². The molecule has 0 saturated carbocycles. The van der Waals surface area contributed by atoms with Crippen LogP contribution in [0.1, 0.15) is 148 Å². The van der Waals surface area contributed by atoms with Crippen LogP contribution in [0.5, 0.6) is 0 Å². The third-order valence-electron chi connectivity index (χ3n) is 6.02. The van der Waals surface area contributed by atoms with Crippen molar-refractivity contribution < 1.29 is 9.90 Å². The second kappa shape index (κ2) is 25.8. The number of nitrogens with zero attached hydrogens (tertiary/aromatic N) is 1. The summed E-state index contributed by atoms with van der Waals surface area (Å²) in [5.74, 6) is -0.657. The molecule has 0 atom stereocenters. The number of aliphatic carboxylic acids is 1. The van der Waals surface area contributed by atoms with Crippen molar-refractivity contribution in [1.82, 2.24) is 5.32 Å². The highest BCUT2D eigenvalue weighted by atomic mass is 16.4. The molecule has 0 radical (unpaired) electrons. The minimum Gasteiger partial charge on any atom is -0.481 e. The summed E-state index contributed by atoms with van der Waals surface area (Å²) < 4.78 is 0. The lowest BCUT2D eigenvalue weighted by atomic mass is 10.0.